The molecule has 0 unspecified atom stereocenters. The highest BCUT2D eigenvalue weighted by atomic mass is 35.5. The first-order valence-corrected chi connectivity index (χ1v) is 24.7. The molecule has 2 aromatic carbocycles. The van der Waals surface area contributed by atoms with Crippen LogP contribution in [-0.4, -0.2) is 125 Å². The lowest BCUT2D eigenvalue weighted by Crippen LogP contribution is -2.57. The van der Waals surface area contributed by atoms with E-state index in [-0.39, 0.29) is 72.4 Å². The first-order valence-electron chi connectivity index (χ1n) is 23.4. The lowest BCUT2D eigenvalue weighted by atomic mass is 9.85. The summed E-state index contributed by atoms with van der Waals surface area (Å²) in [5.41, 5.74) is 10.6. The molecular formula is C49H62ClN9O10S. The highest BCUT2D eigenvalue weighted by Gasteiger charge is 2.48. The summed E-state index contributed by atoms with van der Waals surface area (Å²) >= 11 is 7.93. The van der Waals surface area contributed by atoms with Gasteiger partial charge in [0, 0.05) is 38.7 Å². The molecule has 0 spiro atoms. The molecule has 5 heterocycles. The molecule has 7 rings (SSSR count). The van der Waals surface area contributed by atoms with Crippen LogP contribution in [0.2, 0.25) is 5.02 Å². The highest BCUT2D eigenvalue weighted by Crippen LogP contribution is 2.39. The van der Waals surface area contributed by atoms with Gasteiger partial charge in [-0.1, -0.05) is 82.0 Å². The third-order valence-electron chi connectivity index (χ3n) is 12.7. The smallest absolute Gasteiger partial charge is 0.257 e. The van der Waals surface area contributed by atoms with Crippen LogP contribution in [0.3, 0.4) is 0 Å². The van der Waals surface area contributed by atoms with Gasteiger partial charge in [0.1, 0.15) is 60.0 Å². The van der Waals surface area contributed by atoms with E-state index in [4.69, 9.17) is 26.8 Å². The van der Waals surface area contributed by atoms with Gasteiger partial charge < -0.3 is 61.1 Å². The van der Waals surface area contributed by atoms with Crippen LogP contribution in [0.4, 0.5) is 5.82 Å². The van der Waals surface area contributed by atoms with E-state index in [2.05, 4.69) is 30.9 Å². The van der Waals surface area contributed by atoms with Crippen molar-refractivity contribution >= 4 is 63.4 Å². The lowest BCUT2D eigenvalue weighted by molar-refractivity contribution is -0.144. The number of fused-ring (bicyclic) bond motifs is 1. The van der Waals surface area contributed by atoms with Crippen molar-refractivity contribution in [2.75, 3.05) is 25.4 Å². The van der Waals surface area contributed by atoms with Crippen LogP contribution in [0.15, 0.2) is 66.6 Å². The van der Waals surface area contributed by atoms with Gasteiger partial charge in [-0.15, -0.1) is 11.3 Å². The normalized spacial score (nSPS) is 21.1. The first-order chi connectivity index (χ1) is 33.4. The zero-order valence-electron chi connectivity index (χ0n) is 39.6. The minimum Gasteiger partial charge on any atom is -0.482 e. The number of nitrogen functional groups attached to an aromatic ring is 1. The van der Waals surface area contributed by atoms with Crippen molar-refractivity contribution < 1.29 is 49.1 Å². The molecule has 2 aliphatic heterocycles. The van der Waals surface area contributed by atoms with Crippen molar-refractivity contribution in [2.45, 2.75) is 128 Å². The van der Waals surface area contributed by atoms with Crippen molar-refractivity contribution in [3.05, 3.63) is 88.4 Å². The number of aliphatic hydroxyl groups is 4. The Morgan fingerprint density at radius 3 is 2.43 bits per heavy atom. The number of benzene rings is 2. The van der Waals surface area contributed by atoms with Gasteiger partial charge in [-0.3, -0.25) is 19.2 Å². The number of thiazole rings is 1. The molecule has 2 fully saturated rings. The fourth-order valence-corrected chi connectivity index (χ4v) is 9.74. The molecule has 0 aliphatic carbocycles. The average Bonchev–Trinajstić information content (AvgIpc) is 4.13. The standard InChI is InChI=1S/C49H62ClN9O10S/c1-27-42(70-26-56-27)29-13-11-28(12-14-29)22-53-46(66)34-21-31(60)23-59(34)47(67)43(49(2,3)4)57-36(61)10-8-6-5-7-9-18-52-37(62)24-68-35-20-30(15-16-33(35)50)38(63)41-39(64)40(65)48(69-41)58-19-17-32-44(51)54-25-55-45(32)58/h11-17,19-20,25-26,31,34,38-41,43,48,60,63-65H,5-10,18,21-24H2,1-4H3,(H,52,62)(H,53,66)(H,57,61)(H2,51,54,55)/t31-,34+,38-,39+,40-,41-,43-,48-/m1/s1. The zero-order valence-corrected chi connectivity index (χ0v) is 41.2. The maximum absolute atomic E-state index is 14.0. The second-order valence-electron chi connectivity index (χ2n) is 18.9. The van der Waals surface area contributed by atoms with Crippen LogP contribution in [0, 0.1) is 12.3 Å². The molecular weight excluding hydrogens is 942 g/mol. The molecule has 5 aromatic rings. The number of hydrogen-bond donors (Lipinski definition) is 8. The fraction of sp³-hybridized carbons (Fsp3) is 0.490. The number of carbonyl (C=O) groups excluding carboxylic acids is 4. The molecule has 70 heavy (non-hydrogen) atoms. The number of aryl methyl sites for hydroxylation is 1. The molecule has 21 heteroatoms. The number of ether oxygens (including phenoxy) is 2. The molecule has 2 aliphatic rings. The van der Waals surface area contributed by atoms with E-state index in [1.165, 1.54) is 34.0 Å². The minimum atomic E-state index is -1.47. The second-order valence-corrected chi connectivity index (χ2v) is 20.2. The average molecular weight is 1000 g/mol. The van der Waals surface area contributed by atoms with Crippen molar-refractivity contribution in [3.63, 3.8) is 0 Å². The molecule has 3 aromatic heterocycles. The van der Waals surface area contributed by atoms with Crippen LogP contribution in [0.5, 0.6) is 5.75 Å². The molecule has 4 amide bonds. The van der Waals surface area contributed by atoms with E-state index in [1.54, 1.807) is 29.1 Å². The van der Waals surface area contributed by atoms with E-state index in [0.717, 1.165) is 41.0 Å². The predicted molar refractivity (Wildman–Crippen MR) is 262 cm³/mol. The Bertz CT molecular complexity index is 2620. The van der Waals surface area contributed by atoms with E-state index in [9.17, 15) is 39.6 Å². The number of halogens is 1. The Hall–Kier alpha value is -5.74. The van der Waals surface area contributed by atoms with Crippen molar-refractivity contribution in [3.8, 4) is 16.2 Å². The molecule has 19 nitrogen and oxygen atoms in total. The number of aliphatic hydroxyl groups excluding tert-OH is 4. The van der Waals surface area contributed by atoms with E-state index < -0.39 is 60.2 Å². The van der Waals surface area contributed by atoms with Gasteiger partial charge in [0.2, 0.25) is 17.7 Å². The summed E-state index contributed by atoms with van der Waals surface area (Å²) in [5, 5.41) is 53.0. The number of carbonyl (C=O) groups is 4. The first kappa shape index (κ1) is 52.1. The molecule has 376 valence electrons. The third-order valence-corrected chi connectivity index (χ3v) is 14.0. The fourth-order valence-electron chi connectivity index (χ4n) is 8.75. The SMILES string of the molecule is Cc1ncsc1-c1ccc(CNC(=O)[C@@H]2C[C@@H](O)CN2C(=O)[C@@H](NC(=O)CCCCCCCNC(=O)COc2cc([C@@H](O)[C@H]3O[C@@H](n4ccc5c(N)ncnc54)[C@H](O)[C@@H]3O)ccc2Cl)C(C)(C)C)cc1. The number of nitrogens with one attached hydrogen (secondary N) is 3. The number of anilines is 1. The van der Waals surface area contributed by atoms with Gasteiger partial charge in [0.15, 0.2) is 12.8 Å². The minimum absolute atomic E-state index is 0.0111. The summed E-state index contributed by atoms with van der Waals surface area (Å²) in [7, 11) is 0. The Labute approximate surface area is 414 Å². The third kappa shape index (κ3) is 12.4. The van der Waals surface area contributed by atoms with Crippen molar-refractivity contribution in [1.82, 2.24) is 40.4 Å². The van der Waals surface area contributed by atoms with Crippen LogP contribution < -0.4 is 26.4 Å². The zero-order chi connectivity index (χ0) is 50.3. The topological polar surface area (TPSA) is 277 Å². The van der Waals surface area contributed by atoms with E-state index >= 15 is 0 Å². The number of hydrogen-bond acceptors (Lipinski definition) is 15. The second kappa shape index (κ2) is 23.0. The van der Waals surface area contributed by atoms with Crippen LogP contribution in [0.1, 0.15) is 94.9 Å². The molecule has 8 atom stereocenters. The Morgan fingerprint density at radius 2 is 1.70 bits per heavy atom. The van der Waals surface area contributed by atoms with E-state index in [1.807, 2.05) is 52.0 Å². The summed E-state index contributed by atoms with van der Waals surface area (Å²) in [6.45, 7) is 7.79. The van der Waals surface area contributed by atoms with Crippen LogP contribution >= 0.6 is 22.9 Å². The molecule has 2 saturated heterocycles. The van der Waals surface area contributed by atoms with Crippen molar-refractivity contribution in [2.24, 2.45) is 5.41 Å². The van der Waals surface area contributed by atoms with Gasteiger partial charge in [-0.25, -0.2) is 15.0 Å². The summed E-state index contributed by atoms with van der Waals surface area (Å²) in [5.74, 6) is -1.08. The van der Waals surface area contributed by atoms with E-state index in [0.29, 0.717) is 30.4 Å². The number of unbranched alkanes of at least 4 members (excludes halogenated alkanes) is 4. The molecule has 0 radical (unpaired) electrons. The number of β-amino-alcohol motifs (C(OH)–C–C–N with tert-alkyl or cyclic N) is 1. The molecule has 0 bridgehead atoms. The number of nitrogens with two attached hydrogens (primary N) is 1. The lowest BCUT2D eigenvalue weighted by Gasteiger charge is -2.35. The largest absolute Gasteiger partial charge is 0.482 e. The Kier molecular flexibility index (Phi) is 17.1. The highest BCUT2D eigenvalue weighted by molar-refractivity contribution is 7.13. The summed E-state index contributed by atoms with van der Waals surface area (Å²) in [6.07, 6.45) is -0.671. The van der Waals surface area contributed by atoms with Gasteiger partial charge in [0.05, 0.1) is 32.6 Å². The van der Waals surface area contributed by atoms with Crippen molar-refractivity contribution in [1.29, 1.82) is 0 Å². The van der Waals surface area contributed by atoms with Crippen LogP contribution in [-0.2, 0) is 30.5 Å². The summed E-state index contributed by atoms with van der Waals surface area (Å²) in [4.78, 5) is 68.3. The molecule has 9 N–H and O–H groups in total. The van der Waals surface area contributed by atoms with Gasteiger partial charge in [0.25, 0.3) is 5.91 Å². The maximum Gasteiger partial charge on any atom is 0.257 e. The number of rotatable bonds is 20. The molecule has 0 saturated carbocycles. The quantitative estimate of drug-likeness (QED) is 0.0511. The van der Waals surface area contributed by atoms with Crippen LogP contribution in [0.25, 0.3) is 21.5 Å². The predicted octanol–water partition coefficient (Wildman–Crippen LogP) is 4.10. The summed E-state index contributed by atoms with van der Waals surface area (Å²) in [6, 6.07) is 12.2. The Balaban J connectivity index is 0.793. The van der Waals surface area contributed by atoms with Gasteiger partial charge >= 0.3 is 0 Å². The van der Waals surface area contributed by atoms with Gasteiger partial charge in [-0.05, 0) is 60.1 Å². The number of likely N-dealkylation sites (tertiary alicyclic amines) is 1. The number of amides is 4. The van der Waals surface area contributed by atoms with Gasteiger partial charge in [-0.2, -0.15) is 0 Å². The Morgan fingerprint density at radius 1 is 0.957 bits per heavy atom. The number of nitrogens with zero attached hydrogens (tertiary/aromatic N) is 5. The maximum atomic E-state index is 14.0. The number of aromatic nitrogens is 4. The summed E-state index contributed by atoms with van der Waals surface area (Å²) < 4.78 is 13.2. The monoisotopic (exact) mass is 1000 g/mol.